The number of rotatable bonds is 0. The van der Waals surface area contributed by atoms with Crippen molar-refractivity contribution in [1.29, 1.82) is 0 Å². The Hall–Kier alpha value is -1.30. The summed E-state index contributed by atoms with van der Waals surface area (Å²) in [6.07, 6.45) is 1.12. The summed E-state index contributed by atoms with van der Waals surface area (Å²) in [5.74, 6) is 5.92. The zero-order chi connectivity index (χ0) is 9.80. The molecular weight excluding hydrogens is 172 g/mol. The van der Waals surface area contributed by atoms with Gasteiger partial charge in [0.2, 0.25) is 0 Å². The van der Waals surface area contributed by atoms with Crippen LogP contribution in [0.25, 0.3) is 0 Å². The molecule has 1 aromatic carbocycles. The van der Waals surface area contributed by atoms with Gasteiger partial charge in [0.15, 0.2) is 0 Å². The maximum absolute atomic E-state index is 5.33. The molecule has 14 heavy (non-hydrogen) atoms. The van der Waals surface area contributed by atoms with E-state index in [9.17, 15) is 0 Å². The first-order valence-corrected chi connectivity index (χ1v) is 4.91. The van der Waals surface area contributed by atoms with Crippen LogP contribution in [-0.2, 0) is 13.0 Å². The topological polar surface area (TPSA) is 38.0 Å². The fourth-order valence-corrected chi connectivity index (χ4v) is 1.71. The quantitative estimate of drug-likeness (QED) is 0.584. The van der Waals surface area contributed by atoms with E-state index in [4.69, 9.17) is 5.73 Å². The van der Waals surface area contributed by atoms with Crippen molar-refractivity contribution in [2.75, 3.05) is 13.1 Å². The van der Waals surface area contributed by atoms with E-state index in [0.29, 0.717) is 6.54 Å². The summed E-state index contributed by atoms with van der Waals surface area (Å²) in [6, 6.07) is 6.41. The predicted molar refractivity (Wildman–Crippen MR) is 57.8 cm³/mol. The Balaban J connectivity index is 2.29. The van der Waals surface area contributed by atoms with E-state index >= 15 is 0 Å². The van der Waals surface area contributed by atoms with Crippen LogP contribution >= 0.6 is 0 Å². The molecule has 0 spiro atoms. The number of hydrogen-bond donors (Lipinski definition) is 2. The Kier molecular flexibility index (Phi) is 2.83. The Bertz CT molecular complexity index is 385. The molecule has 1 heterocycles. The average molecular weight is 186 g/mol. The molecule has 0 radical (unpaired) electrons. The lowest BCUT2D eigenvalue weighted by atomic mass is 9.99. The minimum atomic E-state index is 0.426. The molecule has 0 unspecified atom stereocenters. The smallest absolute Gasteiger partial charge is 0.0555 e. The number of nitrogens with one attached hydrogen (secondary N) is 1. The molecule has 1 aromatic rings. The van der Waals surface area contributed by atoms with Crippen molar-refractivity contribution < 1.29 is 0 Å². The predicted octanol–water partition coefficient (Wildman–Crippen LogP) is 0.642. The van der Waals surface area contributed by atoms with Crippen molar-refractivity contribution in [2.24, 2.45) is 5.73 Å². The van der Waals surface area contributed by atoms with Crippen molar-refractivity contribution >= 4 is 0 Å². The SMILES string of the molecule is NCC#Cc1ccc2c(c1)CNCC2. The second kappa shape index (κ2) is 4.28. The molecule has 0 fully saturated rings. The van der Waals surface area contributed by atoms with Crippen LogP contribution in [0.1, 0.15) is 16.7 Å². The highest BCUT2D eigenvalue weighted by Gasteiger charge is 2.07. The van der Waals surface area contributed by atoms with Gasteiger partial charge in [0.1, 0.15) is 0 Å². The van der Waals surface area contributed by atoms with Crippen molar-refractivity contribution in [3.63, 3.8) is 0 Å². The van der Waals surface area contributed by atoms with Gasteiger partial charge in [-0.3, -0.25) is 0 Å². The molecule has 72 valence electrons. The first-order valence-electron chi connectivity index (χ1n) is 4.91. The van der Waals surface area contributed by atoms with Crippen LogP contribution < -0.4 is 11.1 Å². The third-order valence-corrected chi connectivity index (χ3v) is 2.43. The van der Waals surface area contributed by atoms with Gasteiger partial charge in [-0.25, -0.2) is 0 Å². The van der Waals surface area contributed by atoms with E-state index in [0.717, 1.165) is 25.1 Å². The highest BCUT2D eigenvalue weighted by Crippen LogP contribution is 2.15. The van der Waals surface area contributed by atoms with Gasteiger partial charge in [-0.15, -0.1) is 0 Å². The first kappa shape index (κ1) is 9.26. The second-order valence-corrected chi connectivity index (χ2v) is 3.42. The summed E-state index contributed by atoms with van der Waals surface area (Å²) >= 11 is 0. The highest BCUT2D eigenvalue weighted by atomic mass is 14.9. The molecule has 2 nitrogen and oxygen atoms in total. The fraction of sp³-hybridized carbons (Fsp3) is 0.333. The summed E-state index contributed by atoms with van der Waals surface area (Å²) in [7, 11) is 0. The Morgan fingerprint density at radius 1 is 1.36 bits per heavy atom. The molecule has 1 aliphatic heterocycles. The molecule has 0 bridgehead atoms. The van der Waals surface area contributed by atoms with Crippen LogP contribution in [-0.4, -0.2) is 13.1 Å². The maximum Gasteiger partial charge on any atom is 0.0555 e. The Labute approximate surface area is 84.5 Å². The lowest BCUT2D eigenvalue weighted by molar-refractivity contribution is 0.643. The molecule has 0 atom stereocenters. The molecule has 2 rings (SSSR count). The van der Waals surface area contributed by atoms with E-state index < -0.39 is 0 Å². The third kappa shape index (κ3) is 1.95. The van der Waals surface area contributed by atoms with Gasteiger partial charge in [0.05, 0.1) is 6.54 Å². The summed E-state index contributed by atoms with van der Waals surface area (Å²) in [6.45, 7) is 2.48. The number of hydrogen-bond acceptors (Lipinski definition) is 2. The van der Waals surface area contributed by atoms with Crippen LogP contribution in [0, 0.1) is 11.8 Å². The molecule has 0 amide bonds. The summed E-state index contributed by atoms with van der Waals surface area (Å²) in [5.41, 5.74) is 9.22. The van der Waals surface area contributed by atoms with Crippen molar-refractivity contribution in [2.45, 2.75) is 13.0 Å². The molecule has 0 saturated heterocycles. The van der Waals surface area contributed by atoms with Gasteiger partial charge in [0.25, 0.3) is 0 Å². The lowest BCUT2D eigenvalue weighted by Gasteiger charge is -2.16. The highest BCUT2D eigenvalue weighted by molar-refractivity contribution is 5.42. The van der Waals surface area contributed by atoms with Crippen molar-refractivity contribution in [3.8, 4) is 11.8 Å². The monoisotopic (exact) mass is 186 g/mol. The van der Waals surface area contributed by atoms with Gasteiger partial charge < -0.3 is 11.1 Å². The van der Waals surface area contributed by atoms with Crippen molar-refractivity contribution in [1.82, 2.24) is 5.32 Å². The minimum Gasteiger partial charge on any atom is -0.320 e. The molecule has 3 N–H and O–H groups in total. The van der Waals surface area contributed by atoms with E-state index in [1.807, 2.05) is 0 Å². The fourth-order valence-electron chi connectivity index (χ4n) is 1.71. The van der Waals surface area contributed by atoms with Gasteiger partial charge >= 0.3 is 0 Å². The Morgan fingerprint density at radius 2 is 2.29 bits per heavy atom. The zero-order valence-electron chi connectivity index (χ0n) is 8.14. The number of benzene rings is 1. The van der Waals surface area contributed by atoms with Gasteiger partial charge in [0, 0.05) is 12.1 Å². The Morgan fingerprint density at radius 3 is 3.14 bits per heavy atom. The second-order valence-electron chi connectivity index (χ2n) is 3.42. The van der Waals surface area contributed by atoms with Gasteiger partial charge in [-0.2, -0.15) is 0 Å². The largest absolute Gasteiger partial charge is 0.320 e. The zero-order valence-corrected chi connectivity index (χ0v) is 8.14. The maximum atomic E-state index is 5.33. The van der Waals surface area contributed by atoms with Gasteiger partial charge in [-0.1, -0.05) is 17.9 Å². The van der Waals surface area contributed by atoms with Crippen molar-refractivity contribution in [3.05, 3.63) is 34.9 Å². The van der Waals surface area contributed by atoms with Crippen LogP contribution in [0.2, 0.25) is 0 Å². The van der Waals surface area contributed by atoms with Crippen LogP contribution in [0.3, 0.4) is 0 Å². The molecule has 1 aliphatic rings. The van der Waals surface area contributed by atoms with Gasteiger partial charge in [-0.05, 0) is 36.2 Å². The number of fused-ring (bicyclic) bond motifs is 1. The van der Waals surface area contributed by atoms with Crippen LogP contribution in [0.15, 0.2) is 18.2 Å². The van der Waals surface area contributed by atoms with Crippen LogP contribution in [0.4, 0.5) is 0 Å². The molecular formula is C12H14N2. The first-order chi connectivity index (χ1) is 6.90. The van der Waals surface area contributed by atoms with Crippen LogP contribution in [0.5, 0.6) is 0 Å². The van der Waals surface area contributed by atoms with E-state index in [-0.39, 0.29) is 0 Å². The molecule has 2 heteroatoms. The third-order valence-electron chi connectivity index (χ3n) is 2.43. The number of nitrogens with two attached hydrogens (primary N) is 1. The summed E-state index contributed by atoms with van der Waals surface area (Å²) in [4.78, 5) is 0. The van der Waals surface area contributed by atoms with E-state index in [1.54, 1.807) is 0 Å². The summed E-state index contributed by atoms with van der Waals surface area (Å²) in [5, 5.41) is 3.35. The minimum absolute atomic E-state index is 0.426. The molecule has 0 aromatic heterocycles. The standard InChI is InChI=1S/C12H14N2/c13-6-1-2-10-3-4-11-5-7-14-9-12(11)8-10/h3-4,8,14H,5-7,9,13H2. The van der Waals surface area contributed by atoms with E-state index in [1.165, 1.54) is 11.1 Å². The normalized spacial score (nSPS) is 14.1. The van der Waals surface area contributed by atoms with E-state index in [2.05, 4.69) is 35.4 Å². The molecule has 0 saturated carbocycles. The average Bonchev–Trinajstić information content (AvgIpc) is 2.26. The summed E-state index contributed by atoms with van der Waals surface area (Å²) < 4.78 is 0. The lowest BCUT2D eigenvalue weighted by Crippen LogP contribution is -2.23. The molecule has 0 aliphatic carbocycles.